The van der Waals surface area contributed by atoms with Crippen LogP contribution in [0, 0.1) is 0 Å². The average Bonchev–Trinajstić information content (AvgIpc) is 2.26. The van der Waals surface area contributed by atoms with E-state index in [-0.39, 0.29) is 17.0 Å². The predicted molar refractivity (Wildman–Crippen MR) is 79.1 cm³/mol. The minimum atomic E-state index is -1.55. The van der Waals surface area contributed by atoms with Crippen LogP contribution in [-0.4, -0.2) is 27.9 Å². The van der Waals surface area contributed by atoms with Crippen molar-refractivity contribution in [3.05, 3.63) is 33.8 Å². The van der Waals surface area contributed by atoms with Crippen molar-refractivity contribution in [1.82, 2.24) is 4.90 Å². The maximum absolute atomic E-state index is 11.9. The molecule has 0 aliphatic rings. The van der Waals surface area contributed by atoms with E-state index >= 15 is 0 Å². The molecule has 6 heteroatoms. The van der Waals surface area contributed by atoms with E-state index in [1.165, 1.54) is 30.9 Å². The molecule has 0 fully saturated rings. The largest absolute Gasteiger partial charge is 0.479 e. The first-order valence-electron chi connectivity index (χ1n) is 6.11. The van der Waals surface area contributed by atoms with Gasteiger partial charge in [-0.2, -0.15) is 0 Å². The van der Waals surface area contributed by atoms with Gasteiger partial charge >= 0.3 is 5.97 Å². The fraction of sp³-hybridized carbons (Fsp3) is 0.429. The molecule has 110 valence electrons. The van der Waals surface area contributed by atoms with Crippen molar-refractivity contribution >= 4 is 35.1 Å². The van der Waals surface area contributed by atoms with Crippen LogP contribution in [0.25, 0.3) is 0 Å². The Morgan fingerprint density at radius 3 is 2.20 bits per heavy atom. The summed E-state index contributed by atoms with van der Waals surface area (Å²) in [6.45, 7) is 6.32. The van der Waals surface area contributed by atoms with Gasteiger partial charge in [-0.05, 0) is 32.9 Å². The number of amides is 1. The van der Waals surface area contributed by atoms with E-state index < -0.39 is 11.5 Å². The number of carboxylic acid groups (broad SMARTS) is 1. The molecule has 20 heavy (non-hydrogen) atoms. The molecule has 4 nitrogen and oxygen atoms in total. The molecule has 1 aromatic rings. The van der Waals surface area contributed by atoms with Gasteiger partial charge in [-0.1, -0.05) is 29.3 Å². The van der Waals surface area contributed by atoms with Crippen molar-refractivity contribution in [2.24, 2.45) is 0 Å². The van der Waals surface area contributed by atoms with E-state index in [1.54, 1.807) is 19.9 Å². The molecule has 0 heterocycles. The Balaban J connectivity index is 3.56. The Bertz CT molecular complexity index is 545. The van der Waals surface area contributed by atoms with Crippen molar-refractivity contribution in [2.45, 2.75) is 39.3 Å². The highest BCUT2D eigenvalue weighted by molar-refractivity contribution is 6.35. The van der Waals surface area contributed by atoms with Crippen LogP contribution in [0.15, 0.2) is 18.2 Å². The molecule has 0 aliphatic carbocycles. The number of nitrogens with zero attached hydrogens (tertiary/aromatic N) is 1. The van der Waals surface area contributed by atoms with E-state index in [4.69, 9.17) is 23.2 Å². The number of hydrogen-bond acceptors (Lipinski definition) is 2. The Hall–Kier alpha value is -1.26. The molecule has 1 aromatic carbocycles. The Morgan fingerprint density at radius 1 is 1.30 bits per heavy atom. The highest BCUT2D eigenvalue weighted by atomic mass is 35.5. The summed E-state index contributed by atoms with van der Waals surface area (Å²) in [5.74, 6) is -1.48. The van der Waals surface area contributed by atoms with Crippen LogP contribution in [0.3, 0.4) is 0 Å². The maximum Gasteiger partial charge on any atom is 0.334 e. The second-order valence-electron chi connectivity index (χ2n) is 4.98. The lowest BCUT2D eigenvalue weighted by molar-refractivity contribution is -0.160. The molecule has 1 unspecified atom stereocenters. The molecule has 1 atom stereocenters. The molecule has 0 saturated heterocycles. The zero-order chi connectivity index (χ0) is 15.7. The highest BCUT2D eigenvalue weighted by Crippen LogP contribution is 2.36. The number of rotatable bonds is 4. The van der Waals surface area contributed by atoms with Gasteiger partial charge in [-0.15, -0.1) is 0 Å². The van der Waals surface area contributed by atoms with E-state index in [0.717, 1.165) is 0 Å². The van der Waals surface area contributed by atoms with Crippen LogP contribution in [0.1, 0.15) is 33.3 Å². The van der Waals surface area contributed by atoms with Crippen molar-refractivity contribution < 1.29 is 14.7 Å². The predicted octanol–water partition coefficient (Wildman–Crippen LogP) is 3.55. The number of aliphatic carboxylic acids is 1. The highest BCUT2D eigenvalue weighted by Gasteiger charge is 2.45. The minimum Gasteiger partial charge on any atom is -0.479 e. The third-order valence-electron chi connectivity index (χ3n) is 3.21. The summed E-state index contributed by atoms with van der Waals surface area (Å²) in [5.41, 5.74) is -1.22. The summed E-state index contributed by atoms with van der Waals surface area (Å²) in [7, 11) is 0. The Labute approximate surface area is 128 Å². The van der Waals surface area contributed by atoms with Gasteiger partial charge in [0.2, 0.25) is 5.91 Å². The lowest BCUT2D eigenvalue weighted by Crippen LogP contribution is -2.55. The van der Waals surface area contributed by atoms with Gasteiger partial charge in [0, 0.05) is 28.6 Å². The Kier molecular flexibility index (Phi) is 5.05. The first kappa shape index (κ1) is 16.8. The second-order valence-corrected chi connectivity index (χ2v) is 5.83. The van der Waals surface area contributed by atoms with Gasteiger partial charge in [0.25, 0.3) is 0 Å². The number of hydrogen-bond donors (Lipinski definition) is 1. The third kappa shape index (κ3) is 2.91. The van der Waals surface area contributed by atoms with Crippen molar-refractivity contribution in [1.29, 1.82) is 0 Å². The summed E-state index contributed by atoms with van der Waals surface area (Å²) in [4.78, 5) is 25.0. The normalized spacial score (nSPS) is 13.9. The van der Waals surface area contributed by atoms with Crippen LogP contribution in [-0.2, 0) is 15.1 Å². The molecular weight excluding hydrogens is 301 g/mol. The van der Waals surface area contributed by atoms with Gasteiger partial charge in [-0.25, -0.2) is 4.79 Å². The summed E-state index contributed by atoms with van der Waals surface area (Å²) < 4.78 is 0. The fourth-order valence-electron chi connectivity index (χ4n) is 2.43. The number of carboxylic acids is 1. The summed E-state index contributed by atoms with van der Waals surface area (Å²) in [6, 6.07) is 4.28. The van der Waals surface area contributed by atoms with E-state index in [2.05, 4.69) is 0 Å². The molecule has 0 aromatic heterocycles. The zero-order valence-corrected chi connectivity index (χ0v) is 13.3. The number of benzene rings is 1. The average molecular weight is 318 g/mol. The molecule has 0 saturated carbocycles. The second kappa shape index (κ2) is 6.02. The summed E-state index contributed by atoms with van der Waals surface area (Å²) in [5, 5.41) is 10.3. The van der Waals surface area contributed by atoms with E-state index in [9.17, 15) is 14.7 Å². The fourth-order valence-corrected chi connectivity index (χ4v) is 3.02. The lowest BCUT2D eigenvalue weighted by Gasteiger charge is -2.41. The molecule has 1 amide bonds. The third-order valence-corrected chi connectivity index (χ3v) is 3.76. The number of halogens is 2. The Morgan fingerprint density at radius 2 is 1.85 bits per heavy atom. The van der Waals surface area contributed by atoms with Gasteiger partial charge in [0.15, 0.2) is 5.54 Å². The smallest absolute Gasteiger partial charge is 0.334 e. The molecule has 0 bridgehead atoms. The summed E-state index contributed by atoms with van der Waals surface area (Å²) >= 11 is 12.0. The quantitative estimate of drug-likeness (QED) is 0.923. The van der Waals surface area contributed by atoms with Crippen LogP contribution in [0.2, 0.25) is 10.0 Å². The molecule has 0 spiro atoms. The first-order chi connectivity index (χ1) is 9.12. The van der Waals surface area contributed by atoms with Crippen LogP contribution < -0.4 is 0 Å². The van der Waals surface area contributed by atoms with Crippen LogP contribution in [0.4, 0.5) is 0 Å². The molecule has 1 rings (SSSR count). The SMILES string of the molecule is CC(=O)N(C(C)C)C(C)(C(=O)O)c1ccc(Cl)cc1Cl. The van der Waals surface area contributed by atoms with Gasteiger partial charge < -0.3 is 10.0 Å². The standard InChI is InChI=1S/C14H17Cl2NO3/c1-8(2)17(9(3)18)14(4,13(19)20)11-6-5-10(15)7-12(11)16/h5-8H,1-4H3,(H,19,20). The minimum absolute atomic E-state index is 0.217. The topological polar surface area (TPSA) is 57.6 Å². The number of carbonyl (C=O) groups excluding carboxylic acids is 1. The van der Waals surface area contributed by atoms with Crippen LogP contribution >= 0.6 is 23.2 Å². The summed E-state index contributed by atoms with van der Waals surface area (Å²) in [6.07, 6.45) is 0. The number of carbonyl (C=O) groups is 2. The monoisotopic (exact) mass is 317 g/mol. The first-order valence-corrected chi connectivity index (χ1v) is 6.86. The maximum atomic E-state index is 11.9. The van der Waals surface area contributed by atoms with Crippen molar-refractivity contribution in [3.63, 3.8) is 0 Å². The van der Waals surface area contributed by atoms with Crippen molar-refractivity contribution in [2.75, 3.05) is 0 Å². The van der Waals surface area contributed by atoms with Gasteiger partial charge in [0.1, 0.15) is 0 Å². The van der Waals surface area contributed by atoms with Crippen LogP contribution in [0.5, 0.6) is 0 Å². The van der Waals surface area contributed by atoms with Gasteiger partial charge in [0.05, 0.1) is 0 Å². The molecule has 0 aliphatic heterocycles. The molecule has 0 radical (unpaired) electrons. The van der Waals surface area contributed by atoms with Crippen molar-refractivity contribution in [3.8, 4) is 0 Å². The van der Waals surface area contributed by atoms with Gasteiger partial charge in [-0.3, -0.25) is 4.79 Å². The molecule has 1 N–H and O–H groups in total. The van der Waals surface area contributed by atoms with E-state index in [1.807, 2.05) is 0 Å². The van der Waals surface area contributed by atoms with E-state index in [0.29, 0.717) is 10.6 Å². The molecular formula is C14H17Cl2NO3. The zero-order valence-electron chi connectivity index (χ0n) is 11.8. The lowest BCUT2D eigenvalue weighted by atomic mass is 9.88.